The summed E-state index contributed by atoms with van der Waals surface area (Å²) in [5, 5.41) is 0. The highest BCUT2D eigenvalue weighted by Gasteiger charge is 2.22. The first-order chi connectivity index (χ1) is 10.2. The highest BCUT2D eigenvalue weighted by Crippen LogP contribution is 2.28. The summed E-state index contributed by atoms with van der Waals surface area (Å²) < 4.78 is 11.0. The summed E-state index contributed by atoms with van der Waals surface area (Å²) in [7, 11) is 0. The maximum absolute atomic E-state index is 11.8. The van der Waals surface area contributed by atoms with E-state index in [1.54, 1.807) is 24.3 Å². The van der Waals surface area contributed by atoms with Crippen molar-refractivity contribution in [3.63, 3.8) is 0 Å². The molecule has 0 amide bonds. The van der Waals surface area contributed by atoms with E-state index >= 15 is 0 Å². The molecule has 0 aromatic heterocycles. The molecular weight excluding hydrogens is 266 g/mol. The molecule has 0 aliphatic heterocycles. The van der Waals surface area contributed by atoms with E-state index in [0.29, 0.717) is 12.3 Å². The number of anilines is 1. The second-order valence-corrected chi connectivity index (χ2v) is 5.71. The quantitative estimate of drug-likeness (QED) is 0.643. The molecule has 0 bridgehead atoms. The van der Waals surface area contributed by atoms with Gasteiger partial charge < -0.3 is 15.2 Å². The second-order valence-electron chi connectivity index (χ2n) is 5.71. The number of hydrogen-bond acceptors (Lipinski definition) is 4. The van der Waals surface area contributed by atoms with Crippen LogP contribution in [0.1, 0.15) is 45.4 Å². The largest absolute Gasteiger partial charge is 0.493 e. The fourth-order valence-electron chi connectivity index (χ4n) is 2.72. The highest BCUT2D eigenvalue weighted by atomic mass is 16.5. The minimum atomic E-state index is -0.162. The smallest absolute Gasteiger partial charge is 0.309 e. The Morgan fingerprint density at radius 1 is 1.19 bits per heavy atom. The number of nitrogen functional groups attached to an aromatic ring is 1. The summed E-state index contributed by atoms with van der Waals surface area (Å²) in [6.07, 6.45) is 5.99. The molecule has 1 fully saturated rings. The van der Waals surface area contributed by atoms with Gasteiger partial charge in [0.2, 0.25) is 0 Å². The molecule has 1 aromatic carbocycles. The zero-order valence-corrected chi connectivity index (χ0v) is 12.7. The lowest BCUT2D eigenvalue weighted by atomic mass is 9.86. The summed E-state index contributed by atoms with van der Waals surface area (Å²) in [6.45, 7) is 2.57. The Kier molecular flexibility index (Phi) is 5.90. The van der Waals surface area contributed by atoms with Crippen molar-refractivity contribution < 1.29 is 14.3 Å². The van der Waals surface area contributed by atoms with E-state index in [9.17, 15) is 4.79 Å². The van der Waals surface area contributed by atoms with Crippen LogP contribution in [0.4, 0.5) is 5.69 Å². The topological polar surface area (TPSA) is 61.5 Å². The van der Waals surface area contributed by atoms with Gasteiger partial charge in [-0.2, -0.15) is 0 Å². The van der Waals surface area contributed by atoms with Gasteiger partial charge in [0, 0.05) is 5.69 Å². The summed E-state index contributed by atoms with van der Waals surface area (Å²) in [5.74, 6) is 1.37. The van der Waals surface area contributed by atoms with Crippen molar-refractivity contribution in [3.8, 4) is 5.75 Å². The number of ether oxygens (including phenoxy) is 2. The Morgan fingerprint density at radius 2 is 1.86 bits per heavy atom. The predicted molar refractivity (Wildman–Crippen MR) is 83.1 cm³/mol. The lowest BCUT2D eigenvalue weighted by molar-refractivity contribution is -0.151. The zero-order chi connectivity index (χ0) is 15.1. The average molecular weight is 291 g/mol. The Labute approximate surface area is 126 Å². The summed E-state index contributed by atoms with van der Waals surface area (Å²) in [6, 6.07) is 7.15. The first kappa shape index (κ1) is 15.7. The predicted octanol–water partition coefficient (Wildman–Crippen LogP) is 3.55. The summed E-state index contributed by atoms with van der Waals surface area (Å²) >= 11 is 0. The number of esters is 1. The Balaban J connectivity index is 1.62. The third kappa shape index (κ3) is 5.29. The molecule has 1 aliphatic rings. The number of carbonyl (C=O) groups is 1. The Hall–Kier alpha value is -1.71. The van der Waals surface area contributed by atoms with Gasteiger partial charge in [-0.25, -0.2) is 0 Å². The first-order valence-corrected chi connectivity index (χ1v) is 7.85. The molecule has 1 saturated carbocycles. The van der Waals surface area contributed by atoms with E-state index in [-0.39, 0.29) is 18.5 Å². The van der Waals surface area contributed by atoms with Crippen LogP contribution in [0.25, 0.3) is 0 Å². The molecule has 1 aliphatic carbocycles. The average Bonchev–Trinajstić information content (AvgIpc) is 2.50. The maximum atomic E-state index is 11.8. The molecule has 0 radical (unpaired) electrons. The van der Waals surface area contributed by atoms with Gasteiger partial charge in [0.25, 0.3) is 0 Å². The molecule has 0 atom stereocenters. The van der Waals surface area contributed by atoms with Crippen LogP contribution in [-0.4, -0.2) is 18.7 Å². The standard InChI is InChI=1S/C17H25NO3/c1-2-13-3-7-16(8-4-13)21-17(19)11-12-20-15-9-5-14(18)6-10-15/h5-6,9-10,13,16H,2-4,7-8,11-12,18H2,1H3. The molecule has 0 saturated heterocycles. The molecule has 4 heteroatoms. The van der Waals surface area contributed by atoms with Crippen LogP contribution in [0.5, 0.6) is 5.75 Å². The van der Waals surface area contributed by atoms with Crippen molar-refractivity contribution in [1.29, 1.82) is 0 Å². The van der Waals surface area contributed by atoms with Gasteiger partial charge in [-0.1, -0.05) is 13.3 Å². The number of rotatable bonds is 6. The van der Waals surface area contributed by atoms with Gasteiger partial charge in [0.15, 0.2) is 0 Å². The van der Waals surface area contributed by atoms with Crippen LogP contribution in [0.15, 0.2) is 24.3 Å². The molecule has 4 nitrogen and oxygen atoms in total. The lowest BCUT2D eigenvalue weighted by Gasteiger charge is -2.27. The number of hydrogen-bond donors (Lipinski definition) is 1. The van der Waals surface area contributed by atoms with Crippen LogP contribution in [0.3, 0.4) is 0 Å². The van der Waals surface area contributed by atoms with E-state index in [4.69, 9.17) is 15.2 Å². The first-order valence-electron chi connectivity index (χ1n) is 7.85. The molecule has 0 heterocycles. The van der Waals surface area contributed by atoms with Gasteiger partial charge >= 0.3 is 5.97 Å². The van der Waals surface area contributed by atoms with Gasteiger partial charge in [0.1, 0.15) is 11.9 Å². The van der Waals surface area contributed by atoms with E-state index in [2.05, 4.69) is 6.92 Å². The minimum absolute atomic E-state index is 0.108. The van der Waals surface area contributed by atoms with Crippen LogP contribution in [0.2, 0.25) is 0 Å². The zero-order valence-electron chi connectivity index (χ0n) is 12.7. The van der Waals surface area contributed by atoms with E-state index in [1.165, 1.54) is 19.3 Å². The highest BCUT2D eigenvalue weighted by molar-refractivity contribution is 5.69. The van der Waals surface area contributed by atoms with Crippen molar-refractivity contribution in [2.24, 2.45) is 5.92 Å². The van der Waals surface area contributed by atoms with Crippen molar-refractivity contribution in [2.75, 3.05) is 12.3 Å². The third-order valence-electron chi connectivity index (χ3n) is 4.12. The molecule has 1 aromatic rings. The van der Waals surface area contributed by atoms with Crippen molar-refractivity contribution in [1.82, 2.24) is 0 Å². The second kappa shape index (κ2) is 7.91. The van der Waals surface area contributed by atoms with Crippen LogP contribution >= 0.6 is 0 Å². The monoisotopic (exact) mass is 291 g/mol. The number of carbonyl (C=O) groups excluding carboxylic acids is 1. The Morgan fingerprint density at radius 3 is 2.48 bits per heavy atom. The normalized spacial score (nSPS) is 21.8. The van der Waals surface area contributed by atoms with Crippen LogP contribution < -0.4 is 10.5 Å². The SMILES string of the molecule is CCC1CCC(OC(=O)CCOc2ccc(N)cc2)CC1. The minimum Gasteiger partial charge on any atom is -0.493 e. The Bertz CT molecular complexity index is 436. The molecule has 2 N–H and O–H groups in total. The lowest BCUT2D eigenvalue weighted by Crippen LogP contribution is -2.25. The van der Waals surface area contributed by atoms with E-state index in [0.717, 1.165) is 24.5 Å². The molecule has 2 rings (SSSR count). The van der Waals surface area contributed by atoms with Gasteiger partial charge in [-0.3, -0.25) is 4.79 Å². The maximum Gasteiger partial charge on any atom is 0.309 e. The molecule has 21 heavy (non-hydrogen) atoms. The molecule has 116 valence electrons. The third-order valence-corrected chi connectivity index (χ3v) is 4.12. The van der Waals surface area contributed by atoms with Gasteiger partial charge in [-0.05, 0) is 55.9 Å². The van der Waals surface area contributed by atoms with Crippen LogP contribution in [-0.2, 0) is 9.53 Å². The van der Waals surface area contributed by atoms with Gasteiger partial charge in [0.05, 0.1) is 13.0 Å². The van der Waals surface area contributed by atoms with Crippen molar-refractivity contribution >= 4 is 11.7 Å². The molecule has 0 unspecified atom stereocenters. The molecule has 0 spiro atoms. The van der Waals surface area contributed by atoms with Crippen molar-refractivity contribution in [2.45, 2.75) is 51.6 Å². The number of benzene rings is 1. The van der Waals surface area contributed by atoms with E-state index < -0.39 is 0 Å². The molecular formula is C17H25NO3. The number of nitrogens with two attached hydrogens (primary N) is 1. The summed E-state index contributed by atoms with van der Waals surface area (Å²) in [5.41, 5.74) is 6.30. The van der Waals surface area contributed by atoms with Crippen LogP contribution in [0, 0.1) is 5.92 Å². The van der Waals surface area contributed by atoms with Gasteiger partial charge in [-0.15, -0.1) is 0 Å². The fourth-order valence-corrected chi connectivity index (χ4v) is 2.72. The fraction of sp³-hybridized carbons (Fsp3) is 0.588. The van der Waals surface area contributed by atoms with E-state index in [1.807, 2.05) is 0 Å². The summed E-state index contributed by atoms with van der Waals surface area (Å²) in [4.78, 5) is 11.8. The van der Waals surface area contributed by atoms with Crippen molar-refractivity contribution in [3.05, 3.63) is 24.3 Å².